The Bertz CT molecular complexity index is 1020. The summed E-state index contributed by atoms with van der Waals surface area (Å²) in [7, 11) is 0. The van der Waals surface area contributed by atoms with E-state index in [1.54, 1.807) is 23.1 Å². The molecule has 1 aliphatic heterocycles. The molecule has 4 rings (SSSR count). The molecule has 1 N–H and O–H groups in total. The molecule has 0 bridgehead atoms. The number of rotatable bonds is 4. The second-order valence-corrected chi connectivity index (χ2v) is 7.04. The van der Waals surface area contributed by atoms with Gasteiger partial charge in [0, 0.05) is 29.9 Å². The molecular formula is C19H18ClN5O2. The van der Waals surface area contributed by atoms with E-state index in [-0.39, 0.29) is 24.3 Å². The first-order valence-electron chi connectivity index (χ1n) is 8.69. The Morgan fingerprint density at radius 3 is 2.93 bits per heavy atom. The number of anilines is 1. The maximum Gasteiger partial charge on any atom is 0.227 e. The third-order valence-electron chi connectivity index (χ3n) is 4.70. The average molecular weight is 384 g/mol. The van der Waals surface area contributed by atoms with Crippen LogP contribution in [0.2, 0.25) is 5.02 Å². The Morgan fingerprint density at radius 1 is 1.26 bits per heavy atom. The fraction of sp³-hybridized carbons (Fsp3) is 0.263. The Labute approximate surface area is 160 Å². The van der Waals surface area contributed by atoms with Gasteiger partial charge in [0.1, 0.15) is 0 Å². The van der Waals surface area contributed by atoms with E-state index in [4.69, 9.17) is 11.6 Å². The standard InChI is InChI=1S/C19H18ClN5O2/c1-12(18-23-22-16-7-2-3-8-24(16)18)21-19(27)13-9-17(26)25(11-13)15-6-4-5-14(20)10-15/h2-8,10,12-13H,9,11H2,1H3,(H,21,27). The fourth-order valence-corrected chi connectivity index (χ4v) is 3.51. The van der Waals surface area contributed by atoms with Crippen LogP contribution in [0.15, 0.2) is 48.7 Å². The lowest BCUT2D eigenvalue weighted by Gasteiger charge is -2.18. The minimum atomic E-state index is -0.418. The van der Waals surface area contributed by atoms with Crippen molar-refractivity contribution in [1.82, 2.24) is 19.9 Å². The van der Waals surface area contributed by atoms with Crippen LogP contribution in [0.25, 0.3) is 5.65 Å². The van der Waals surface area contributed by atoms with Gasteiger partial charge in [0.2, 0.25) is 11.8 Å². The van der Waals surface area contributed by atoms with Gasteiger partial charge in [0.15, 0.2) is 11.5 Å². The zero-order valence-corrected chi connectivity index (χ0v) is 15.4. The van der Waals surface area contributed by atoms with Crippen molar-refractivity contribution in [3.05, 3.63) is 59.5 Å². The quantitative estimate of drug-likeness (QED) is 0.751. The van der Waals surface area contributed by atoms with Gasteiger partial charge >= 0.3 is 0 Å². The molecule has 27 heavy (non-hydrogen) atoms. The normalized spacial score (nSPS) is 18.1. The fourth-order valence-electron chi connectivity index (χ4n) is 3.33. The maximum atomic E-state index is 12.7. The summed E-state index contributed by atoms with van der Waals surface area (Å²) >= 11 is 6.01. The molecule has 0 spiro atoms. The van der Waals surface area contributed by atoms with Crippen molar-refractivity contribution in [3.63, 3.8) is 0 Å². The molecule has 0 aliphatic carbocycles. The summed E-state index contributed by atoms with van der Waals surface area (Å²) in [5.74, 6) is -0.0286. The first kappa shape index (κ1) is 17.5. The lowest BCUT2D eigenvalue weighted by atomic mass is 10.1. The predicted molar refractivity (Wildman–Crippen MR) is 101 cm³/mol. The molecule has 1 saturated heterocycles. The third kappa shape index (κ3) is 3.38. The van der Waals surface area contributed by atoms with E-state index < -0.39 is 5.92 Å². The third-order valence-corrected chi connectivity index (χ3v) is 4.94. The molecule has 8 heteroatoms. The number of nitrogens with zero attached hydrogens (tertiary/aromatic N) is 4. The van der Waals surface area contributed by atoms with Gasteiger partial charge in [0.25, 0.3) is 0 Å². The highest BCUT2D eigenvalue weighted by Gasteiger charge is 2.36. The molecule has 1 aromatic carbocycles. The second kappa shape index (κ2) is 7.00. The summed E-state index contributed by atoms with van der Waals surface area (Å²) in [4.78, 5) is 26.7. The van der Waals surface area contributed by atoms with Gasteiger partial charge in [0.05, 0.1) is 12.0 Å². The molecule has 2 atom stereocenters. The van der Waals surface area contributed by atoms with Crippen LogP contribution in [0.4, 0.5) is 5.69 Å². The van der Waals surface area contributed by atoms with E-state index in [2.05, 4.69) is 15.5 Å². The number of benzene rings is 1. The highest BCUT2D eigenvalue weighted by molar-refractivity contribution is 6.31. The van der Waals surface area contributed by atoms with Crippen LogP contribution in [0.1, 0.15) is 25.2 Å². The van der Waals surface area contributed by atoms with Crippen molar-refractivity contribution in [2.75, 3.05) is 11.4 Å². The highest BCUT2D eigenvalue weighted by atomic mass is 35.5. The van der Waals surface area contributed by atoms with E-state index >= 15 is 0 Å². The van der Waals surface area contributed by atoms with Crippen LogP contribution in [0.3, 0.4) is 0 Å². The molecule has 1 fully saturated rings. The van der Waals surface area contributed by atoms with Gasteiger partial charge in [-0.3, -0.25) is 14.0 Å². The first-order chi connectivity index (χ1) is 13.0. The van der Waals surface area contributed by atoms with Crippen LogP contribution in [0.5, 0.6) is 0 Å². The molecule has 3 aromatic rings. The maximum absolute atomic E-state index is 12.7. The number of hydrogen-bond acceptors (Lipinski definition) is 4. The average Bonchev–Trinajstić information content (AvgIpc) is 3.25. The number of carbonyl (C=O) groups is 2. The molecule has 2 amide bonds. The summed E-state index contributed by atoms with van der Waals surface area (Å²) < 4.78 is 1.84. The summed E-state index contributed by atoms with van der Waals surface area (Å²) in [5.41, 5.74) is 1.43. The molecule has 1 aliphatic rings. The monoisotopic (exact) mass is 383 g/mol. The van der Waals surface area contributed by atoms with Crippen molar-refractivity contribution >= 4 is 34.7 Å². The first-order valence-corrected chi connectivity index (χ1v) is 9.06. The number of fused-ring (bicyclic) bond motifs is 1. The number of carbonyl (C=O) groups excluding carboxylic acids is 2. The molecule has 2 unspecified atom stereocenters. The smallest absolute Gasteiger partial charge is 0.227 e. The molecule has 0 radical (unpaired) electrons. The van der Waals surface area contributed by atoms with Crippen LogP contribution < -0.4 is 10.2 Å². The molecule has 0 saturated carbocycles. The Hall–Kier alpha value is -2.93. The zero-order chi connectivity index (χ0) is 19.0. The number of nitrogens with one attached hydrogen (secondary N) is 1. The second-order valence-electron chi connectivity index (χ2n) is 6.60. The van der Waals surface area contributed by atoms with Gasteiger partial charge in [-0.15, -0.1) is 10.2 Å². The van der Waals surface area contributed by atoms with Crippen LogP contribution in [-0.2, 0) is 9.59 Å². The van der Waals surface area contributed by atoms with Crippen LogP contribution >= 0.6 is 11.6 Å². The van der Waals surface area contributed by atoms with E-state index in [1.165, 1.54) is 0 Å². The zero-order valence-electron chi connectivity index (χ0n) is 14.7. The lowest BCUT2D eigenvalue weighted by Crippen LogP contribution is -2.35. The molecule has 2 aromatic heterocycles. The molecule has 138 valence electrons. The van der Waals surface area contributed by atoms with Crippen LogP contribution in [-0.4, -0.2) is 33.0 Å². The Balaban J connectivity index is 1.46. The summed E-state index contributed by atoms with van der Waals surface area (Å²) in [6.07, 6.45) is 2.03. The van der Waals surface area contributed by atoms with Crippen molar-refractivity contribution in [2.45, 2.75) is 19.4 Å². The summed E-state index contributed by atoms with van der Waals surface area (Å²) in [5, 5.41) is 11.8. The number of hydrogen-bond donors (Lipinski definition) is 1. The molecule has 3 heterocycles. The van der Waals surface area contributed by atoms with Crippen LogP contribution in [0, 0.1) is 5.92 Å². The topological polar surface area (TPSA) is 79.6 Å². The largest absolute Gasteiger partial charge is 0.346 e. The number of amides is 2. The van der Waals surface area contributed by atoms with Gasteiger partial charge < -0.3 is 10.2 Å². The highest BCUT2D eigenvalue weighted by Crippen LogP contribution is 2.27. The van der Waals surface area contributed by atoms with Crippen molar-refractivity contribution in [2.24, 2.45) is 5.92 Å². The summed E-state index contributed by atoms with van der Waals surface area (Å²) in [6, 6.07) is 12.4. The van der Waals surface area contributed by atoms with Gasteiger partial charge in [-0.1, -0.05) is 23.7 Å². The van der Waals surface area contributed by atoms with Gasteiger partial charge in [-0.2, -0.15) is 0 Å². The van der Waals surface area contributed by atoms with Crippen molar-refractivity contribution in [1.29, 1.82) is 0 Å². The molecule has 7 nitrogen and oxygen atoms in total. The van der Waals surface area contributed by atoms with Crippen molar-refractivity contribution < 1.29 is 9.59 Å². The lowest BCUT2D eigenvalue weighted by molar-refractivity contribution is -0.126. The van der Waals surface area contributed by atoms with E-state index in [0.717, 1.165) is 5.65 Å². The van der Waals surface area contributed by atoms with E-state index in [9.17, 15) is 9.59 Å². The van der Waals surface area contributed by atoms with Crippen molar-refractivity contribution in [3.8, 4) is 0 Å². The van der Waals surface area contributed by atoms with E-state index in [0.29, 0.717) is 23.1 Å². The Morgan fingerprint density at radius 2 is 2.11 bits per heavy atom. The minimum absolute atomic E-state index is 0.0852. The molecular weight excluding hydrogens is 366 g/mol. The Kier molecular flexibility index (Phi) is 4.53. The SMILES string of the molecule is CC(NC(=O)C1CC(=O)N(c2cccc(Cl)c2)C1)c1nnc2ccccn12. The van der Waals surface area contributed by atoms with Gasteiger partial charge in [-0.25, -0.2) is 0 Å². The number of pyridine rings is 1. The van der Waals surface area contributed by atoms with Gasteiger partial charge in [-0.05, 0) is 37.3 Å². The predicted octanol–water partition coefficient (Wildman–Crippen LogP) is 2.61. The number of halogens is 1. The number of aromatic nitrogens is 3. The summed E-state index contributed by atoms with van der Waals surface area (Å²) in [6.45, 7) is 2.19. The van der Waals surface area contributed by atoms with E-state index in [1.807, 2.05) is 41.8 Å². The minimum Gasteiger partial charge on any atom is -0.346 e.